The molecule has 4 heteroatoms. The Bertz CT molecular complexity index is 417. The van der Waals surface area contributed by atoms with Crippen molar-refractivity contribution in [1.29, 1.82) is 0 Å². The molecule has 0 aromatic carbocycles. The van der Waals surface area contributed by atoms with E-state index in [0.29, 0.717) is 12.1 Å². The van der Waals surface area contributed by atoms with Crippen LogP contribution in [0.25, 0.3) is 0 Å². The second-order valence-corrected chi connectivity index (χ2v) is 8.20. The zero-order chi connectivity index (χ0) is 15.4. The largest absolute Gasteiger partial charge is 0.312 e. The summed E-state index contributed by atoms with van der Waals surface area (Å²) in [5, 5.41) is 3.53. The Balaban J connectivity index is 1.82. The third-order valence-corrected chi connectivity index (χ3v) is 5.45. The van der Waals surface area contributed by atoms with E-state index in [4.69, 9.17) is 0 Å². The van der Waals surface area contributed by atoms with Crippen molar-refractivity contribution in [3.63, 3.8) is 0 Å². The molecule has 2 rings (SSSR count). The number of hydrogen-bond donors (Lipinski definition) is 1. The molecule has 1 saturated heterocycles. The van der Waals surface area contributed by atoms with Crippen molar-refractivity contribution >= 4 is 11.3 Å². The maximum Gasteiger partial charge on any atom is 0.0329 e. The average Bonchev–Trinajstić information content (AvgIpc) is 2.83. The molecule has 0 bridgehead atoms. The van der Waals surface area contributed by atoms with E-state index >= 15 is 0 Å². The summed E-state index contributed by atoms with van der Waals surface area (Å²) in [6.45, 7) is 14.7. The first kappa shape index (κ1) is 16.9. The molecule has 0 saturated carbocycles. The van der Waals surface area contributed by atoms with Crippen LogP contribution < -0.4 is 5.32 Å². The summed E-state index contributed by atoms with van der Waals surface area (Å²) < 4.78 is 0. The predicted molar refractivity (Wildman–Crippen MR) is 92.8 cm³/mol. The molecule has 21 heavy (non-hydrogen) atoms. The van der Waals surface area contributed by atoms with Gasteiger partial charge in [-0.15, -0.1) is 11.3 Å². The maximum absolute atomic E-state index is 3.53. The van der Waals surface area contributed by atoms with Crippen molar-refractivity contribution in [1.82, 2.24) is 15.1 Å². The van der Waals surface area contributed by atoms with Crippen molar-refractivity contribution in [2.45, 2.75) is 52.9 Å². The van der Waals surface area contributed by atoms with Crippen molar-refractivity contribution in [3.05, 3.63) is 21.9 Å². The summed E-state index contributed by atoms with van der Waals surface area (Å²) in [4.78, 5) is 8.06. The highest BCUT2D eigenvalue weighted by Gasteiger charge is 2.26. The van der Waals surface area contributed by atoms with Crippen LogP contribution in [0.3, 0.4) is 0 Å². The van der Waals surface area contributed by atoms with Gasteiger partial charge in [-0.3, -0.25) is 9.80 Å². The number of thiophene rings is 1. The highest BCUT2D eigenvalue weighted by molar-refractivity contribution is 7.11. The van der Waals surface area contributed by atoms with E-state index in [2.05, 4.69) is 62.0 Å². The third kappa shape index (κ3) is 5.06. The summed E-state index contributed by atoms with van der Waals surface area (Å²) in [6.07, 6.45) is 0. The highest BCUT2D eigenvalue weighted by atomic mass is 32.1. The first-order valence-corrected chi connectivity index (χ1v) is 9.00. The lowest BCUT2D eigenvalue weighted by Crippen LogP contribution is -2.54. The van der Waals surface area contributed by atoms with Crippen molar-refractivity contribution in [2.24, 2.45) is 5.92 Å². The Labute approximate surface area is 134 Å². The molecule has 1 fully saturated rings. The number of piperazine rings is 1. The molecular weight excluding hydrogens is 278 g/mol. The molecule has 1 aromatic rings. The molecule has 1 N–H and O–H groups in total. The van der Waals surface area contributed by atoms with Gasteiger partial charge in [0.15, 0.2) is 0 Å². The van der Waals surface area contributed by atoms with E-state index in [1.165, 1.54) is 22.8 Å². The lowest BCUT2D eigenvalue weighted by atomic mass is 10.1. The van der Waals surface area contributed by atoms with E-state index in [1.54, 1.807) is 0 Å². The van der Waals surface area contributed by atoms with Crippen LogP contribution in [-0.2, 0) is 13.1 Å². The zero-order valence-corrected chi connectivity index (χ0v) is 15.0. The van der Waals surface area contributed by atoms with Crippen LogP contribution in [0.2, 0.25) is 0 Å². The second-order valence-electron chi connectivity index (χ2n) is 6.95. The molecular formula is C17H31N3S. The molecule has 1 aromatic heterocycles. The normalized spacial score (nSPS) is 24.9. The monoisotopic (exact) mass is 309 g/mol. The van der Waals surface area contributed by atoms with E-state index in [-0.39, 0.29) is 0 Å². The Hall–Kier alpha value is -0.420. The lowest BCUT2D eigenvalue weighted by Gasteiger charge is -2.42. The maximum atomic E-state index is 3.53. The molecule has 0 spiro atoms. The lowest BCUT2D eigenvalue weighted by molar-refractivity contribution is 0.0562. The van der Waals surface area contributed by atoms with E-state index in [0.717, 1.165) is 25.6 Å². The van der Waals surface area contributed by atoms with Gasteiger partial charge < -0.3 is 5.32 Å². The summed E-state index contributed by atoms with van der Waals surface area (Å²) in [6, 6.07) is 5.91. The molecule has 1 aliphatic heterocycles. The number of likely N-dealkylation sites (N-methyl/N-ethyl adjacent to an activating group) is 1. The SMILES string of the molecule is CC(C)CNCc1ccc(CN2CC(C)N(C)C(C)C2)s1. The molecule has 2 unspecified atom stereocenters. The summed E-state index contributed by atoms with van der Waals surface area (Å²) >= 11 is 1.96. The minimum atomic E-state index is 0.654. The predicted octanol–water partition coefficient (Wildman–Crippen LogP) is 3.02. The van der Waals surface area contributed by atoms with Gasteiger partial charge in [-0.05, 0) is 45.5 Å². The fourth-order valence-corrected chi connectivity index (χ4v) is 3.98. The fourth-order valence-electron chi connectivity index (χ4n) is 2.95. The van der Waals surface area contributed by atoms with Gasteiger partial charge in [-0.2, -0.15) is 0 Å². The first-order chi connectivity index (χ1) is 9.95. The second kappa shape index (κ2) is 7.73. The van der Waals surface area contributed by atoms with E-state index < -0.39 is 0 Å². The molecule has 3 nitrogen and oxygen atoms in total. The first-order valence-electron chi connectivity index (χ1n) is 8.18. The highest BCUT2D eigenvalue weighted by Crippen LogP contribution is 2.21. The average molecular weight is 310 g/mol. The quantitative estimate of drug-likeness (QED) is 0.871. The molecule has 2 atom stereocenters. The van der Waals surface area contributed by atoms with Gasteiger partial charge in [-0.1, -0.05) is 13.8 Å². The number of rotatable bonds is 6. The van der Waals surface area contributed by atoms with Crippen molar-refractivity contribution in [3.8, 4) is 0 Å². The summed E-state index contributed by atoms with van der Waals surface area (Å²) in [5.41, 5.74) is 0. The molecule has 0 amide bonds. The van der Waals surface area contributed by atoms with Gasteiger partial charge >= 0.3 is 0 Å². The number of nitrogens with one attached hydrogen (secondary N) is 1. The van der Waals surface area contributed by atoms with Crippen LogP contribution in [0.5, 0.6) is 0 Å². The zero-order valence-electron chi connectivity index (χ0n) is 14.2. The molecule has 120 valence electrons. The van der Waals surface area contributed by atoms with Crippen molar-refractivity contribution < 1.29 is 0 Å². The minimum absolute atomic E-state index is 0.654. The number of hydrogen-bond acceptors (Lipinski definition) is 4. The van der Waals surface area contributed by atoms with Gasteiger partial charge in [0.05, 0.1) is 0 Å². The van der Waals surface area contributed by atoms with Gasteiger partial charge in [-0.25, -0.2) is 0 Å². The van der Waals surface area contributed by atoms with Crippen LogP contribution in [-0.4, -0.2) is 48.6 Å². The number of nitrogens with zero attached hydrogens (tertiary/aromatic N) is 2. The molecule has 0 aliphatic carbocycles. The van der Waals surface area contributed by atoms with Crippen LogP contribution in [0.1, 0.15) is 37.4 Å². The van der Waals surface area contributed by atoms with E-state index in [9.17, 15) is 0 Å². The molecule has 0 radical (unpaired) electrons. The van der Waals surface area contributed by atoms with Gasteiger partial charge in [0, 0.05) is 48.0 Å². The summed E-state index contributed by atoms with van der Waals surface area (Å²) in [5.74, 6) is 0.720. The minimum Gasteiger partial charge on any atom is -0.312 e. The topological polar surface area (TPSA) is 18.5 Å². The Morgan fingerprint density at radius 3 is 2.43 bits per heavy atom. The van der Waals surface area contributed by atoms with E-state index in [1.807, 2.05) is 11.3 Å². The smallest absolute Gasteiger partial charge is 0.0329 e. The van der Waals surface area contributed by atoms with Gasteiger partial charge in [0.1, 0.15) is 0 Å². The van der Waals surface area contributed by atoms with Gasteiger partial charge in [0.2, 0.25) is 0 Å². The fraction of sp³-hybridized carbons (Fsp3) is 0.765. The Morgan fingerprint density at radius 1 is 1.19 bits per heavy atom. The summed E-state index contributed by atoms with van der Waals surface area (Å²) in [7, 11) is 2.25. The van der Waals surface area contributed by atoms with Crippen LogP contribution in [0.4, 0.5) is 0 Å². The Morgan fingerprint density at radius 2 is 1.81 bits per heavy atom. The molecule has 1 aliphatic rings. The van der Waals surface area contributed by atoms with Crippen molar-refractivity contribution in [2.75, 3.05) is 26.7 Å². The third-order valence-electron chi connectivity index (χ3n) is 4.38. The molecule has 2 heterocycles. The Kier molecular flexibility index (Phi) is 6.23. The standard InChI is InChI=1S/C17H31N3S/c1-13(2)8-18-9-16-6-7-17(21-16)12-20-10-14(3)19(5)15(4)11-20/h6-7,13-15,18H,8-12H2,1-5H3. The van der Waals surface area contributed by atoms with Crippen LogP contribution in [0.15, 0.2) is 12.1 Å². The van der Waals surface area contributed by atoms with Crippen LogP contribution >= 0.6 is 11.3 Å². The van der Waals surface area contributed by atoms with Crippen LogP contribution in [0, 0.1) is 5.92 Å². The van der Waals surface area contributed by atoms with Gasteiger partial charge in [0.25, 0.3) is 0 Å².